The Labute approximate surface area is 111 Å². The molecule has 1 heterocycles. The van der Waals surface area contributed by atoms with Crippen LogP contribution >= 0.6 is 0 Å². The lowest BCUT2D eigenvalue weighted by molar-refractivity contribution is 0.0690. The zero-order valence-corrected chi connectivity index (χ0v) is 10.9. The molecule has 1 unspecified atom stereocenters. The van der Waals surface area contributed by atoms with Crippen molar-refractivity contribution in [1.82, 2.24) is 10.2 Å². The summed E-state index contributed by atoms with van der Waals surface area (Å²) in [5, 5.41) is 15.4. The highest BCUT2D eigenvalue weighted by molar-refractivity contribution is 5.87. The molecule has 19 heavy (non-hydrogen) atoms. The number of carboxylic acids is 1. The SMILES string of the molecule is CCC(C)Oc1ccccc1-c1cc(C(=O)O)[nH]n1. The Balaban J connectivity index is 2.35. The number of hydrogen-bond acceptors (Lipinski definition) is 3. The molecule has 2 N–H and O–H groups in total. The molecule has 2 aromatic rings. The van der Waals surface area contributed by atoms with Gasteiger partial charge in [0.2, 0.25) is 0 Å². The Kier molecular flexibility index (Phi) is 3.85. The number of para-hydroxylation sites is 1. The van der Waals surface area contributed by atoms with Gasteiger partial charge in [0, 0.05) is 5.56 Å². The Bertz CT molecular complexity index is 578. The van der Waals surface area contributed by atoms with E-state index < -0.39 is 5.97 Å². The van der Waals surface area contributed by atoms with Crippen molar-refractivity contribution in [1.29, 1.82) is 0 Å². The maximum absolute atomic E-state index is 10.9. The lowest BCUT2D eigenvalue weighted by Crippen LogP contribution is -2.10. The largest absolute Gasteiger partial charge is 0.490 e. The van der Waals surface area contributed by atoms with Crippen LogP contribution in [0.1, 0.15) is 30.8 Å². The molecule has 0 saturated heterocycles. The maximum Gasteiger partial charge on any atom is 0.353 e. The molecule has 0 saturated carbocycles. The van der Waals surface area contributed by atoms with E-state index in [1.54, 1.807) is 0 Å². The van der Waals surface area contributed by atoms with Crippen molar-refractivity contribution in [2.24, 2.45) is 0 Å². The fourth-order valence-electron chi connectivity index (χ4n) is 1.65. The number of nitrogens with zero attached hydrogens (tertiary/aromatic N) is 1. The van der Waals surface area contributed by atoms with Crippen molar-refractivity contribution >= 4 is 5.97 Å². The number of benzene rings is 1. The summed E-state index contributed by atoms with van der Waals surface area (Å²) in [4.78, 5) is 10.9. The number of carbonyl (C=O) groups is 1. The van der Waals surface area contributed by atoms with Gasteiger partial charge >= 0.3 is 5.97 Å². The van der Waals surface area contributed by atoms with E-state index in [4.69, 9.17) is 9.84 Å². The molecule has 0 spiro atoms. The first-order valence-electron chi connectivity index (χ1n) is 6.16. The number of ether oxygens (including phenoxy) is 1. The molecule has 0 fully saturated rings. The quantitative estimate of drug-likeness (QED) is 0.866. The van der Waals surface area contributed by atoms with Gasteiger partial charge < -0.3 is 9.84 Å². The van der Waals surface area contributed by atoms with Crippen LogP contribution in [0.4, 0.5) is 0 Å². The maximum atomic E-state index is 10.9. The average molecular weight is 260 g/mol. The van der Waals surface area contributed by atoms with Gasteiger partial charge in [-0.15, -0.1) is 0 Å². The fourth-order valence-corrected chi connectivity index (χ4v) is 1.65. The van der Waals surface area contributed by atoms with Gasteiger partial charge in [-0.25, -0.2) is 4.79 Å². The van der Waals surface area contributed by atoms with Crippen LogP contribution in [0, 0.1) is 0 Å². The lowest BCUT2D eigenvalue weighted by Gasteiger charge is -2.15. The minimum absolute atomic E-state index is 0.0633. The van der Waals surface area contributed by atoms with Gasteiger partial charge in [-0.05, 0) is 31.5 Å². The summed E-state index contributed by atoms with van der Waals surface area (Å²) in [5.41, 5.74) is 1.41. The van der Waals surface area contributed by atoms with Gasteiger partial charge in [0.25, 0.3) is 0 Å². The van der Waals surface area contributed by atoms with Gasteiger partial charge in [-0.2, -0.15) is 5.10 Å². The second-order valence-corrected chi connectivity index (χ2v) is 4.30. The molecule has 5 heteroatoms. The minimum atomic E-state index is -1.03. The van der Waals surface area contributed by atoms with Gasteiger partial charge in [0.05, 0.1) is 11.8 Å². The third kappa shape index (κ3) is 2.93. The summed E-state index contributed by atoms with van der Waals surface area (Å²) >= 11 is 0. The minimum Gasteiger partial charge on any atom is -0.490 e. The summed E-state index contributed by atoms with van der Waals surface area (Å²) in [7, 11) is 0. The summed E-state index contributed by atoms with van der Waals surface area (Å²) in [6.07, 6.45) is 0.994. The normalized spacial score (nSPS) is 12.1. The highest BCUT2D eigenvalue weighted by Gasteiger charge is 2.13. The van der Waals surface area contributed by atoms with Crippen LogP contribution in [-0.4, -0.2) is 27.4 Å². The van der Waals surface area contributed by atoms with E-state index in [1.165, 1.54) is 6.07 Å². The van der Waals surface area contributed by atoms with Crippen molar-refractivity contribution in [2.45, 2.75) is 26.4 Å². The summed E-state index contributed by atoms with van der Waals surface area (Å²) < 4.78 is 5.82. The predicted octanol–water partition coefficient (Wildman–Crippen LogP) is 2.95. The van der Waals surface area contributed by atoms with Crippen molar-refractivity contribution in [2.75, 3.05) is 0 Å². The molecule has 0 radical (unpaired) electrons. The number of aromatic amines is 1. The van der Waals surface area contributed by atoms with E-state index in [1.807, 2.05) is 38.1 Å². The smallest absolute Gasteiger partial charge is 0.353 e. The highest BCUT2D eigenvalue weighted by atomic mass is 16.5. The number of H-pyrrole nitrogens is 1. The first-order chi connectivity index (χ1) is 9.11. The molecule has 2 rings (SSSR count). The molecule has 1 aromatic heterocycles. The van der Waals surface area contributed by atoms with Crippen LogP contribution in [0.2, 0.25) is 0 Å². The monoisotopic (exact) mass is 260 g/mol. The van der Waals surface area contributed by atoms with Crippen LogP contribution < -0.4 is 4.74 Å². The number of carboxylic acid groups (broad SMARTS) is 1. The standard InChI is InChI=1S/C14H16N2O3/c1-3-9(2)19-13-7-5-4-6-10(13)11-8-12(14(17)18)16-15-11/h4-9H,3H2,1-2H3,(H,15,16)(H,17,18). The Morgan fingerprint density at radius 1 is 1.47 bits per heavy atom. The van der Waals surface area contributed by atoms with Crippen LogP contribution in [0.5, 0.6) is 5.75 Å². The van der Waals surface area contributed by atoms with Gasteiger partial charge in [0.15, 0.2) is 0 Å². The Morgan fingerprint density at radius 3 is 2.84 bits per heavy atom. The number of hydrogen-bond donors (Lipinski definition) is 2. The van der Waals surface area contributed by atoms with Crippen molar-refractivity contribution in [3.8, 4) is 17.0 Å². The zero-order chi connectivity index (χ0) is 13.8. The van der Waals surface area contributed by atoms with Crippen LogP contribution in [0.15, 0.2) is 30.3 Å². The third-order valence-corrected chi connectivity index (χ3v) is 2.87. The van der Waals surface area contributed by atoms with E-state index in [9.17, 15) is 4.79 Å². The first-order valence-corrected chi connectivity index (χ1v) is 6.16. The van der Waals surface area contributed by atoms with Gasteiger partial charge in [-0.1, -0.05) is 19.1 Å². The number of aromatic nitrogens is 2. The highest BCUT2D eigenvalue weighted by Crippen LogP contribution is 2.29. The second kappa shape index (κ2) is 5.56. The molecular weight excluding hydrogens is 244 g/mol. The van der Waals surface area contributed by atoms with E-state index in [0.717, 1.165) is 12.0 Å². The Morgan fingerprint density at radius 2 is 2.21 bits per heavy atom. The van der Waals surface area contributed by atoms with Crippen LogP contribution in [0.25, 0.3) is 11.3 Å². The number of aromatic carboxylic acids is 1. The van der Waals surface area contributed by atoms with Gasteiger partial charge in [0.1, 0.15) is 11.4 Å². The molecule has 0 aliphatic rings. The van der Waals surface area contributed by atoms with Gasteiger partial charge in [-0.3, -0.25) is 5.10 Å². The van der Waals surface area contributed by atoms with E-state index >= 15 is 0 Å². The zero-order valence-electron chi connectivity index (χ0n) is 10.9. The Hall–Kier alpha value is -2.30. The van der Waals surface area contributed by atoms with E-state index in [0.29, 0.717) is 11.4 Å². The molecule has 1 aromatic carbocycles. The summed E-state index contributed by atoms with van der Waals surface area (Å²) in [6.45, 7) is 4.04. The average Bonchev–Trinajstić information content (AvgIpc) is 2.89. The van der Waals surface area contributed by atoms with Crippen LogP contribution in [-0.2, 0) is 0 Å². The molecule has 0 aliphatic heterocycles. The first kappa shape index (κ1) is 13.1. The molecule has 0 amide bonds. The fraction of sp³-hybridized carbons (Fsp3) is 0.286. The molecule has 0 bridgehead atoms. The lowest BCUT2D eigenvalue weighted by atomic mass is 10.1. The second-order valence-electron chi connectivity index (χ2n) is 4.30. The van der Waals surface area contributed by atoms with Crippen molar-refractivity contribution < 1.29 is 14.6 Å². The topological polar surface area (TPSA) is 75.2 Å². The summed E-state index contributed by atoms with van der Waals surface area (Å²) in [5.74, 6) is -0.320. The van der Waals surface area contributed by atoms with Crippen LogP contribution in [0.3, 0.4) is 0 Å². The molecule has 0 aliphatic carbocycles. The van der Waals surface area contributed by atoms with E-state index in [-0.39, 0.29) is 11.8 Å². The predicted molar refractivity (Wildman–Crippen MR) is 71.4 cm³/mol. The summed E-state index contributed by atoms with van der Waals surface area (Å²) in [6, 6.07) is 8.97. The van der Waals surface area contributed by atoms with E-state index in [2.05, 4.69) is 10.2 Å². The third-order valence-electron chi connectivity index (χ3n) is 2.87. The molecular formula is C14H16N2O3. The van der Waals surface area contributed by atoms with Crippen molar-refractivity contribution in [3.05, 3.63) is 36.0 Å². The molecule has 100 valence electrons. The number of nitrogens with one attached hydrogen (secondary N) is 1. The molecule has 1 atom stereocenters. The van der Waals surface area contributed by atoms with Crippen molar-refractivity contribution in [3.63, 3.8) is 0 Å². The molecule has 5 nitrogen and oxygen atoms in total. The number of rotatable bonds is 5.